The van der Waals surface area contributed by atoms with Crippen molar-refractivity contribution in [1.82, 2.24) is 15.0 Å². The molecule has 11 heteroatoms. The van der Waals surface area contributed by atoms with Crippen molar-refractivity contribution in [3.05, 3.63) is 87.9 Å². The van der Waals surface area contributed by atoms with Gasteiger partial charge in [0.2, 0.25) is 5.95 Å². The fourth-order valence-corrected chi connectivity index (χ4v) is 3.71. The molecule has 2 aromatic heterocycles. The Kier molecular flexibility index (Phi) is 7.06. The number of allylic oxidation sites excluding steroid dienone is 1. The average Bonchev–Trinajstić information content (AvgIpc) is 3.39. The molecule has 1 aliphatic rings. The molecule has 0 fully saturated rings. The van der Waals surface area contributed by atoms with Crippen LogP contribution in [0.5, 0.6) is 0 Å². The summed E-state index contributed by atoms with van der Waals surface area (Å²) >= 11 is 0. The molecule has 36 heavy (non-hydrogen) atoms. The SMILES string of the molecule is CCOC(=O)c1cnc(NCCC2(c3ccc([N+](=O)[O-])cn3)C=CC=N2)nc1-c1ccc(C#N)cc1. The van der Waals surface area contributed by atoms with E-state index < -0.39 is 16.4 Å². The molecule has 1 aromatic carbocycles. The van der Waals surface area contributed by atoms with Gasteiger partial charge in [0.15, 0.2) is 0 Å². The lowest BCUT2D eigenvalue weighted by atomic mass is 9.92. The van der Waals surface area contributed by atoms with E-state index in [4.69, 9.17) is 10.00 Å². The summed E-state index contributed by atoms with van der Waals surface area (Å²) in [6.45, 7) is 2.32. The highest BCUT2D eigenvalue weighted by molar-refractivity contribution is 5.96. The van der Waals surface area contributed by atoms with Gasteiger partial charge in [0.25, 0.3) is 5.69 Å². The predicted octanol–water partition coefficient (Wildman–Crippen LogP) is 3.83. The van der Waals surface area contributed by atoms with E-state index in [0.717, 1.165) is 0 Å². The van der Waals surface area contributed by atoms with Gasteiger partial charge in [0.05, 0.1) is 34.6 Å². The Morgan fingerprint density at radius 1 is 1.19 bits per heavy atom. The molecule has 180 valence electrons. The van der Waals surface area contributed by atoms with E-state index in [2.05, 4.69) is 31.3 Å². The molecule has 11 nitrogen and oxygen atoms in total. The molecular formula is C25H21N7O4. The van der Waals surface area contributed by atoms with Crippen LogP contribution in [0.1, 0.15) is 35.0 Å². The van der Waals surface area contributed by atoms with Gasteiger partial charge in [0, 0.05) is 30.6 Å². The fourth-order valence-electron chi connectivity index (χ4n) is 3.71. The zero-order valence-electron chi connectivity index (χ0n) is 19.3. The van der Waals surface area contributed by atoms with E-state index >= 15 is 0 Å². The first kappa shape index (κ1) is 24.2. The minimum Gasteiger partial charge on any atom is -0.462 e. The predicted molar refractivity (Wildman–Crippen MR) is 131 cm³/mol. The van der Waals surface area contributed by atoms with Crippen molar-refractivity contribution in [2.24, 2.45) is 4.99 Å². The Morgan fingerprint density at radius 2 is 2.00 bits per heavy atom. The number of aromatic nitrogens is 3. The third-order valence-corrected chi connectivity index (χ3v) is 5.53. The number of aliphatic imine (C=N–C) groups is 1. The molecule has 0 saturated heterocycles. The highest BCUT2D eigenvalue weighted by Gasteiger charge is 2.32. The number of rotatable bonds is 9. The quantitative estimate of drug-likeness (QED) is 0.271. The lowest BCUT2D eigenvalue weighted by Gasteiger charge is -2.23. The standard InChI is InChI=1S/C25H21N7O4/c1-2-36-23(33)20-16-29-24(31-22(20)18-6-4-17(14-26)5-7-18)27-13-11-25(10-3-12-30-25)21-9-8-19(15-28-21)32(34)35/h3-10,12,15-16H,2,11,13H2,1H3,(H,27,29,31). The maximum absolute atomic E-state index is 12.5. The second-order valence-corrected chi connectivity index (χ2v) is 7.76. The number of anilines is 1. The smallest absolute Gasteiger partial charge is 0.341 e. The van der Waals surface area contributed by atoms with Crippen molar-refractivity contribution in [3.63, 3.8) is 0 Å². The summed E-state index contributed by atoms with van der Waals surface area (Å²) in [7, 11) is 0. The van der Waals surface area contributed by atoms with E-state index in [0.29, 0.717) is 41.4 Å². The number of carbonyl (C=O) groups excluding carboxylic acids is 1. The van der Waals surface area contributed by atoms with Crippen molar-refractivity contribution in [2.45, 2.75) is 18.9 Å². The molecule has 1 aliphatic heterocycles. The molecule has 4 rings (SSSR count). The van der Waals surface area contributed by atoms with Crippen LogP contribution in [0.15, 0.2) is 65.9 Å². The highest BCUT2D eigenvalue weighted by Crippen LogP contribution is 2.33. The molecule has 0 aliphatic carbocycles. The lowest BCUT2D eigenvalue weighted by Crippen LogP contribution is -2.25. The first-order chi connectivity index (χ1) is 17.5. The number of carbonyl (C=O) groups is 1. The Morgan fingerprint density at radius 3 is 2.61 bits per heavy atom. The number of nitrogens with one attached hydrogen (secondary N) is 1. The maximum atomic E-state index is 12.5. The minimum atomic E-state index is -0.775. The topological polar surface area (TPSA) is 156 Å². The van der Waals surface area contributed by atoms with Crippen LogP contribution >= 0.6 is 0 Å². The molecule has 3 heterocycles. The van der Waals surface area contributed by atoms with Gasteiger partial charge in [-0.05, 0) is 43.7 Å². The minimum absolute atomic E-state index is 0.0941. The first-order valence-electron chi connectivity index (χ1n) is 11.1. The Hall–Kier alpha value is -4.98. The number of esters is 1. The van der Waals surface area contributed by atoms with Crippen molar-refractivity contribution >= 4 is 23.8 Å². The molecule has 0 bridgehead atoms. The summed E-state index contributed by atoms with van der Waals surface area (Å²) in [6.07, 6.45) is 8.44. The lowest BCUT2D eigenvalue weighted by molar-refractivity contribution is -0.385. The van der Waals surface area contributed by atoms with Gasteiger partial charge in [0.1, 0.15) is 17.3 Å². The number of hydrogen-bond acceptors (Lipinski definition) is 10. The van der Waals surface area contributed by atoms with E-state index in [1.165, 1.54) is 18.5 Å². The van der Waals surface area contributed by atoms with Gasteiger partial charge in [-0.15, -0.1) is 0 Å². The van der Waals surface area contributed by atoms with E-state index in [9.17, 15) is 14.9 Å². The van der Waals surface area contributed by atoms with E-state index in [1.54, 1.807) is 49.5 Å². The zero-order valence-corrected chi connectivity index (χ0v) is 19.3. The number of nitrogens with zero attached hydrogens (tertiary/aromatic N) is 6. The number of benzene rings is 1. The number of pyridine rings is 1. The number of ether oxygens (including phenoxy) is 1. The zero-order chi connectivity index (χ0) is 25.5. The van der Waals surface area contributed by atoms with Crippen LogP contribution in [0.4, 0.5) is 11.6 Å². The van der Waals surface area contributed by atoms with Crippen molar-refractivity contribution < 1.29 is 14.5 Å². The van der Waals surface area contributed by atoms with Crippen LogP contribution in [0.25, 0.3) is 11.3 Å². The van der Waals surface area contributed by atoms with Crippen molar-refractivity contribution in [3.8, 4) is 17.3 Å². The van der Waals surface area contributed by atoms with Gasteiger partial charge >= 0.3 is 5.97 Å². The van der Waals surface area contributed by atoms with Crippen molar-refractivity contribution in [1.29, 1.82) is 5.26 Å². The van der Waals surface area contributed by atoms with Gasteiger partial charge < -0.3 is 10.1 Å². The Labute approximate surface area is 206 Å². The monoisotopic (exact) mass is 483 g/mol. The van der Waals surface area contributed by atoms with Gasteiger partial charge in [-0.25, -0.2) is 14.8 Å². The summed E-state index contributed by atoms with van der Waals surface area (Å²) in [5.74, 6) is -0.253. The molecule has 3 aromatic rings. The molecule has 1 N–H and O–H groups in total. The van der Waals surface area contributed by atoms with Gasteiger partial charge in [-0.1, -0.05) is 12.1 Å². The largest absolute Gasteiger partial charge is 0.462 e. The number of nitriles is 1. The molecule has 0 spiro atoms. The van der Waals surface area contributed by atoms with Crippen molar-refractivity contribution in [2.75, 3.05) is 18.5 Å². The average molecular weight is 483 g/mol. The van der Waals surface area contributed by atoms with Crippen LogP contribution in [0.2, 0.25) is 0 Å². The molecule has 1 unspecified atom stereocenters. The molecule has 0 saturated carbocycles. The normalized spacial score (nSPS) is 15.9. The highest BCUT2D eigenvalue weighted by atomic mass is 16.6. The number of hydrogen-bond donors (Lipinski definition) is 1. The summed E-state index contributed by atoms with van der Waals surface area (Å²) < 4.78 is 5.14. The summed E-state index contributed by atoms with van der Waals surface area (Å²) in [4.78, 5) is 40.6. The third-order valence-electron chi connectivity index (χ3n) is 5.53. The second kappa shape index (κ2) is 10.5. The van der Waals surface area contributed by atoms with Crippen LogP contribution in [0.3, 0.4) is 0 Å². The van der Waals surface area contributed by atoms with Crippen LogP contribution in [0, 0.1) is 21.4 Å². The van der Waals surface area contributed by atoms with Gasteiger partial charge in [-0.2, -0.15) is 5.26 Å². The number of nitro groups is 1. The summed E-state index contributed by atoms with van der Waals surface area (Å²) in [6, 6.07) is 11.8. The molecule has 0 amide bonds. The van der Waals surface area contributed by atoms with E-state index in [-0.39, 0.29) is 17.9 Å². The summed E-state index contributed by atoms with van der Waals surface area (Å²) in [5, 5.41) is 23.2. The maximum Gasteiger partial charge on any atom is 0.341 e. The molecular weight excluding hydrogens is 462 g/mol. The summed E-state index contributed by atoms with van der Waals surface area (Å²) in [5.41, 5.74) is 1.42. The molecule has 0 radical (unpaired) electrons. The Bertz CT molecular complexity index is 1370. The Balaban J connectivity index is 1.55. The van der Waals surface area contributed by atoms with Crippen LogP contribution < -0.4 is 5.32 Å². The third kappa shape index (κ3) is 5.07. The first-order valence-corrected chi connectivity index (χ1v) is 11.1. The molecule has 1 atom stereocenters. The van der Waals surface area contributed by atoms with Crippen LogP contribution in [-0.2, 0) is 10.3 Å². The second-order valence-electron chi connectivity index (χ2n) is 7.76. The fraction of sp³-hybridized carbons (Fsp3) is 0.200. The van der Waals surface area contributed by atoms with Gasteiger partial charge in [-0.3, -0.25) is 20.1 Å². The van der Waals surface area contributed by atoms with Crippen LogP contribution in [-0.4, -0.2) is 45.2 Å². The van der Waals surface area contributed by atoms with E-state index in [1.807, 2.05) is 6.08 Å².